The summed E-state index contributed by atoms with van der Waals surface area (Å²) in [7, 11) is 0. The molecule has 1 rings (SSSR count). The van der Waals surface area contributed by atoms with Crippen LogP contribution in [0.1, 0.15) is 25.7 Å². The number of ether oxygens (including phenoxy) is 1. The molecular formula is C8H17NO2. The van der Waals surface area contributed by atoms with Crippen LogP contribution in [0.2, 0.25) is 0 Å². The molecule has 0 spiro atoms. The summed E-state index contributed by atoms with van der Waals surface area (Å²) in [6.45, 7) is 0.702. The van der Waals surface area contributed by atoms with Gasteiger partial charge in [-0.1, -0.05) is 12.8 Å². The maximum atomic E-state index is 9.07. The summed E-state index contributed by atoms with van der Waals surface area (Å²) in [5.74, 6) is 0. The molecule has 0 radical (unpaired) electrons. The Hall–Kier alpha value is -0.120. The molecule has 3 N–H and O–H groups in total. The van der Waals surface area contributed by atoms with Gasteiger partial charge in [0.05, 0.1) is 18.8 Å². The highest BCUT2D eigenvalue weighted by Gasteiger charge is 2.16. The molecule has 0 amide bonds. The molecular weight excluding hydrogens is 142 g/mol. The summed E-state index contributed by atoms with van der Waals surface area (Å²) in [5.41, 5.74) is 5.23. The first kappa shape index (κ1) is 8.97. The summed E-state index contributed by atoms with van der Waals surface area (Å²) >= 11 is 0. The number of aliphatic hydroxyl groups is 1. The fourth-order valence-corrected chi connectivity index (χ4v) is 1.37. The minimum atomic E-state index is -0.476. The average Bonchev–Trinajstić information content (AvgIpc) is 2.52. The van der Waals surface area contributed by atoms with E-state index < -0.39 is 6.10 Å². The van der Waals surface area contributed by atoms with E-state index in [9.17, 15) is 0 Å². The predicted octanol–water partition coefficient (Wildman–Crippen LogP) is 0.265. The van der Waals surface area contributed by atoms with Gasteiger partial charge in [-0.25, -0.2) is 0 Å². The summed E-state index contributed by atoms with van der Waals surface area (Å²) < 4.78 is 5.43. The van der Waals surface area contributed by atoms with Crippen molar-refractivity contribution in [3.05, 3.63) is 0 Å². The molecule has 0 aromatic carbocycles. The molecule has 0 aliphatic heterocycles. The molecule has 0 aromatic heterocycles. The zero-order valence-electron chi connectivity index (χ0n) is 6.83. The van der Waals surface area contributed by atoms with Crippen LogP contribution in [0.4, 0.5) is 0 Å². The van der Waals surface area contributed by atoms with Crippen LogP contribution in [0.15, 0.2) is 0 Å². The smallest absolute Gasteiger partial charge is 0.0895 e. The van der Waals surface area contributed by atoms with Crippen molar-refractivity contribution in [2.24, 2.45) is 5.73 Å². The van der Waals surface area contributed by atoms with Crippen molar-refractivity contribution in [1.82, 2.24) is 0 Å². The molecule has 1 aliphatic carbocycles. The maximum absolute atomic E-state index is 9.07. The Bertz CT molecular complexity index is 102. The van der Waals surface area contributed by atoms with Crippen LogP contribution in [-0.4, -0.2) is 30.5 Å². The SMILES string of the molecule is NCC(O)COC1CCCC1. The fraction of sp³-hybridized carbons (Fsp3) is 1.00. The Morgan fingerprint density at radius 1 is 1.45 bits per heavy atom. The molecule has 0 bridgehead atoms. The molecule has 3 heteroatoms. The Morgan fingerprint density at radius 2 is 2.09 bits per heavy atom. The first-order chi connectivity index (χ1) is 5.33. The van der Waals surface area contributed by atoms with Gasteiger partial charge in [-0.3, -0.25) is 0 Å². The third kappa shape index (κ3) is 3.18. The molecule has 1 unspecified atom stereocenters. The molecule has 1 atom stereocenters. The minimum absolute atomic E-state index is 0.298. The van der Waals surface area contributed by atoms with Crippen molar-refractivity contribution >= 4 is 0 Å². The first-order valence-corrected chi connectivity index (χ1v) is 4.32. The van der Waals surface area contributed by atoms with Gasteiger partial charge < -0.3 is 15.6 Å². The van der Waals surface area contributed by atoms with Gasteiger partial charge >= 0.3 is 0 Å². The van der Waals surface area contributed by atoms with Crippen LogP contribution in [-0.2, 0) is 4.74 Å². The summed E-state index contributed by atoms with van der Waals surface area (Å²) in [4.78, 5) is 0. The molecule has 1 saturated carbocycles. The van der Waals surface area contributed by atoms with Gasteiger partial charge in [-0.2, -0.15) is 0 Å². The third-order valence-corrected chi connectivity index (χ3v) is 2.10. The van der Waals surface area contributed by atoms with Gasteiger partial charge in [-0.15, -0.1) is 0 Å². The molecule has 66 valence electrons. The van der Waals surface area contributed by atoms with Crippen LogP contribution in [0.3, 0.4) is 0 Å². The maximum Gasteiger partial charge on any atom is 0.0895 e. The Labute approximate surface area is 67.5 Å². The number of rotatable bonds is 4. The second-order valence-corrected chi connectivity index (χ2v) is 3.13. The van der Waals surface area contributed by atoms with Gasteiger partial charge in [0, 0.05) is 6.54 Å². The normalized spacial score (nSPS) is 22.4. The minimum Gasteiger partial charge on any atom is -0.389 e. The fourth-order valence-electron chi connectivity index (χ4n) is 1.37. The second kappa shape index (κ2) is 4.70. The van der Waals surface area contributed by atoms with Gasteiger partial charge in [0.2, 0.25) is 0 Å². The monoisotopic (exact) mass is 159 g/mol. The average molecular weight is 159 g/mol. The number of aliphatic hydroxyl groups excluding tert-OH is 1. The summed E-state index contributed by atoms with van der Waals surface area (Å²) in [6, 6.07) is 0. The van der Waals surface area contributed by atoms with E-state index in [1.165, 1.54) is 12.8 Å². The van der Waals surface area contributed by atoms with Gasteiger partial charge in [-0.05, 0) is 12.8 Å². The van der Waals surface area contributed by atoms with E-state index in [-0.39, 0.29) is 0 Å². The van der Waals surface area contributed by atoms with E-state index in [0.29, 0.717) is 19.3 Å². The van der Waals surface area contributed by atoms with E-state index in [1.807, 2.05) is 0 Å². The van der Waals surface area contributed by atoms with Gasteiger partial charge in [0.1, 0.15) is 0 Å². The zero-order valence-corrected chi connectivity index (χ0v) is 6.83. The standard InChI is InChI=1S/C8H17NO2/c9-5-7(10)6-11-8-3-1-2-4-8/h7-8,10H,1-6,9H2. The van der Waals surface area contributed by atoms with Crippen molar-refractivity contribution in [3.63, 3.8) is 0 Å². The zero-order chi connectivity index (χ0) is 8.10. The largest absolute Gasteiger partial charge is 0.389 e. The lowest BCUT2D eigenvalue weighted by atomic mass is 10.3. The Kier molecular flexibility index (Phi) is 3.83. The molecule has 1 aliphatic rings. The third-order valence-electron chi connectivity index (χ3n) is 2.10. The van der Waals surface area contributed by atoms with E-state index in [4.69, 9.17) is 15.6 Å². The molecule has 3 nitrogen and oxygen atoms in total. The Balaban J connectivity index is 2.01. The lowest BCUT2D eigenvalue weighted by molar-refractivity contribution is -0.00256. The van der Waals surface area contributed by atoms with Crippen LogP contribution in [0.25, 0.3) is 0 Å². The predicted molar refractivity (Wildman–Crippen MR) is 43.3 cm³/mol. The second-order valence-electron chi connectivity index (χ2n) is 3.13. The van der Waals surface area contributed by atoms with Crippen LogP contribution in [0.5, 0.6) is 0 Å². The van der Waals surface area contributed by atoms with E-state index in [0.717, 1.165) is 12.8 Å². The summed E-state index contributed by atoms with van der Waals surface area (Å²) in [6.07, 6.45) is 4.74. The highest BCUT2D eigenvalue weighted by atomic mass is 16.5. The first-order valence-electron chi connectivity index (χ1n) is 4.32. The quantitative estimate of drug-likeness (QED) is 0.619. The van der Waals surface area contributed by atoms with Crippen LogP contribution >= 0.6 is 0 Å². The molecule has 0 aromatic rings. The summed E-state index contributed by atoms with van der Waals surface area (Å²) in [5, 5.41) is 9.07. The van der Waals surface area contributed by atoms with E-state index in [2.05, 4.69) is 0 Å². The van der Waals surface area contributed by atoms with Crippen molar-refractivity contribution < 1.29 is 9.84 Å². The Morgan fingerprint density at radius 3 is 2.64 bits per heavy atom. The molecule has 0 saturated heterocycles. The number of hydrogen-bond acceptors (Lipinski definition) is 3. The number of nitrogens with two attached hydrogens (primary N) is 1. The van der Waals surface area contributed by atoms with E-state index >= 15 is 0 Å². The van der Waals surface area contributed by atoms with Crippen molar-refractivity contribution in [2.45, 2.75) is 37.9 Å². The highest BCUT2D eigenvalue weighted by molar-refractivity contribution is 4.67. The molecule has 0 heterocycles. The van der Waals surface area contributed by atoms with Crippen LogP contribution < -0.4 is 5.73 Å². The number of hydrogen-bond donors (Lipinski definition) is 2. The van der Waals surface area contributed by atoms with Crippen molar-refractivity contribution in [1.29, 1.82) is 0 Å². The topological polar surface area (TPSA) is 55.5 Å². The lowest BCUT2D eigenvalue weighted by Crippen LogP contribution is -2.27. The lowest BCUT2D eigenvalue weighted by Gasteiger charge is -2.13. The molecule has 1 fully saturated rings. The van der Waals surface area contributed by atoms with Gasteiger partial charge in [0.15, 0.2) is 0 Å². The van der Waals surface area contributed by atoms with E-state index in [1.54, 1.807) is 0 Å². The molecule has 11 heavy (non-hydrogen) atoms. The van der Waals surface area contributed by atoms with Crippen LogP contribution in [0, 0.1) is 0 Å². The highest BCUT2D eigenvalue weighted by Crippen LogP contribution is 2.20. The van der Waals surface area contributed by atoms with Gasteiger partial charge in [0.25, 0.3) is 0 Å². The van der Waals surface area contributed by atoms with Crippen molar-refractivity contribution in [2.75, 3.05) is 13.2 Å². The van der Waals surface area contributed by atoms with Crippen molar-refractivity contribution in [3.8, 4) is 0 Å².